The molecule has 2 unspecified atom stereocenters. The fourth-order valence-corrected chi connectivity index (χ4v) is 1.93. The molecule has 0 heterocycles. The number of likely N-dealkylation sites (N-methyl/N-ethyl adjacent to an activating group) is 1. The third-order valence-electron chi connectivity index (χ3n) is 3.21. The molecule has 15 heavy (non-hydrogen) atoms. The van der Waals surface area contributed by atoms with Crippen molar-refractivity contribution < 1.29 is 0 Å². The lowest BCUT2D eigenvalue weighted by molar-refractivity contribution is 0.165. The normalized spacial score (nSPS) is 16.0. The van der Waals surface area contributed by atoms with E-state index in [0.29, 0.717) is 18.1 Å². The topological polar surface area (TPSA) is 15.3 Å². The van der Waals surface area contributed by atoms with Crippen molar-refractivity contribution in [1.29, 1.82) is 0 Å². The molecule has 0 saturated carbocycles. The summed E-state index contributed by atoms with van der Waals surface area (Å²) in [6, 6.07) is 1.97. The number of rotatable bonds is 8. The summed E-state index contributed by atoms with van der Waals surface area (Å²) in [6.45, 7) is 12.4. The van der Waals surface area contributed by atoms with Crippen LogP contribution in [0.2, 0.25) is 0 Å². The van der Waals surface area contributed by atoms with Gasteiger partial charge in [-0.1, -0.05) is 34.1 Å². The lowest BCUT2D eigenvalue weighted by Gasteiger charge is -2.33. The number of hydrogen-bond acceptors (Lipinski definition) is 2. The Morgan fingerprint density at radius 3 is 2.13 bits per heavy atom. The van der Waals surface area contributed by atoms with Crippen molar-refractivity contribution in [2.45, 2.75) is 72.0 Å². The molecular weight excluding hydrogens is 184 g/mol. The van der Waals surface area contributed by atoms with E-state index < -0.39 is 0 Å². The second kappa shape index (κ2) is 8.12. The van der Waals surface area contributed by atoms with Crippen molar-refractivity contribution in [2.75, 3.05) is 13.6 Å². The second-order valence-electron chi connectivity index (χ2n) is 4.93. The monoisotopic (exact) mass is 214 g/mol. The van der Waals surface area contributed by atoms with Crippen LogP contribution in [0, 0.1) is 0 Å². The summed E-state index contributed by atoms with van der Waals surface area (Å²) in [6.07, 6.45) is 3.80. The first-order valence-corrected chi connectivity index (χ1v) is 6.48. The molecule has 0 aromatic rings. The second-order valence-corrected chi connectivity index (χ2v) is 4.93. The minimum Gasteiger partial charge on any atom is -0.313 e. The number of nitrogens with one attached hydrogen (secondary N) is 1. The van der Waals surface area contributed by atoms with E-state index in [-0.39, 0.29) is 0 Å². The lowest BCUT2D eigenvalue weighted by atomic mass is 10.1. The average molecular weight is 214 g/mol. The summed E-state index contributed by atoms with van der Waals surface area (Å²) in [7, 11) is 2.26. The van der Waals surface area contributed by atoms with Gasteiger partial charge in [-0.2, -0.15) is 0 Å². The first-order chi connectivity index (χ1) is 7.02. The third kappa shape index (κ3) is 6.16. The summed E-state index contributed by atoms with van der Waals surface area (Å²) in [5.74, 6) is 0. The minimum atomic E-state index is 0.592. The summed E-state index contributed by atoms with van der Waals surface area (Å²) in [4.78, 5) is 2.53. The fraction of sp³-hybridized carbons (Fsp3) is 1.00. The van der Waals surface area contributed by atoms with Gasteiger partial charge in [0.2, 0.25) is 0 Å². The molecule has 0 spiro atoms. The zero-order valence-corrected chi connectivity index (χ0v) is 11.5. The van der Waals surface area contributed by atoms with Crippen molar-refractivity contribution >= 4 is 0 Å². The molecule has 0 rings (SSSR count). The highest BCUT2D eigenvalue weighted by Crippen LogP contribution is 2.10. The quantitative estimate of drug-likeness (QED) is 0.668. The van der Waals surface area contributed by atoms with Crippen LogP contribution < -0.4 is 5.32 Å². The van der Waals surface area contributed by atoms with Gasteiger partial charge in [0.05, 0.1) is 0 Å². The molecule has 0 aromatic carbocycles. The van der Waals surface area contributed by atoms with Crippen LogP contribution in [0.5, 0.6) is 0 Å². The molecule has 0 aliphatic heterocycles. The summed E-state index contributed by atoms with van der Waals surface area (Å²) < 4.78 is 0. The molecule has 0 aliphatic rings. The zero-order valence-electron chi connectivity index (χ0n) is 11.5. The van der Waals surface area contributed by atoms with Crippen LogP contribution in [-0.4, -0.2) is 36.6 Å². The van der Waals surface area contributed by atoms with E-state index in [0.717, 1.165) is 6.54 Å². The Morgan fingerprint density at radius 1 is 1.13 bits per heavy atom. The Kier molecular flexibility index (Phi) is 8.07. The van der Waals surface area contributed by atoms with Crippen LogP contribution in [-0.2, 0) is 0 Å². The van der Waals surface area contributed by atoms with E-state index in [2.05, 4.69) is 51.9 Å². The van der Waals surface area contributed by atoms with Gasteiger partial charge in [-0.15, -0.1) is 0 Å². The van der Waals surface area contributed by atoms with Crippen molar-refractivity contribution in [3.05, 3.63) is 0 Å². The smallest absolute Gasteiger partial charge is 0.0217 e. The maximum absolute atomic E-state index is 3.53. The van der Waals surface area contributed by atoms with Crippen LogP contribution in [0.1, 0.15) is 53.9 Å². The molecule has 1 N–H and O–H groups in total. The van der Waals surface area contributed by atoms with Gasteiger partial charge in [-0.3, -0.25) is 4.90 Å². The zero-order chi connectivity index (χ0) is 11.8. The molecule has 0 radical (unpaired) electrons. The predicted octanol–water partition coefficient (Wildman–Crippen LogP) is 2.88. The molecule has 92 valence electrons. The molecule has 2 heteroatoms. The van der Waals surface area contributed by atoms with Crippen LogP contribution in [0.25, 0.3) is 0 Å². The molecule has 2 atom stereocenters. The predicted molar refractivity (Wildman–Crippen MR) is 69.4 cm³/mol. The van der Waals surface area contributed by atoms with E-state index in [1.165, 1.54) is 19.3 Å². The number of nitrogens with zero attached hydrogens (tertiary/aromatic N) is 1. The van der Waals surface area contributed by atoms with Crippen molar-refractivity contribution in [3.8, 4) is 0 Å². The van der Waals surface area contributed by atoms with Gasteiger partial charge in [0.25, 0.3) is 0 Å². The average Bonchev–Trinajstić information content (AvgIpc) is 2.18. The molecule has 0 bridgehead atoms. The molecule has 0 saturated heterocycles. The third-order valence-corrected chi connectivity index (χ3v) is 3.21. The van der Waals surface area contributed by atoms with Crippen LogP contribution in [0.3, 0.4) is 0 Å². The van der Waals surface area contributed by atoms with E-state index in [4.69, 9.17) is 0 Å². The van der Waals surface area contributed by atoms with Gasteiger partial charge in [0.15, 0.2) is 0 Å². The van der Waals surface area contributed by atoms with Crippen LogP contribution in [0.4, 0.5) is 0 Å². The molecule has 0 amide bonds. The summed E-state index contributed by atoms with van der Waals surface area (Å²) in [5, 5.41) is 3.53. The van der Waals surface area contributed by atoms with Gasteiger partial charge in [0.1, 0.15) is 0 Å². The Labute approximate surface area is 96.4 Å². The fourth-order valence-electron chi connectivity index (χ4n) is 1.93. The van der Waals surface area contributed by atoms with Crippen molar-refractivity contribution in [2.24, 2.45) is 0 Å². The standard InChI is InChI=1S/C13H30N2/c1-7-9-12(5)15(6)13(8-2)10-14-11(3)4/h11-14H,7-10H2,1-6H3. The maximum Gasteiger partial charge on any atom is 0.0217 e. The number of hydrogen-bond donors (Lipinski definition) is 1. The molecule has 0 aromatic heterocycles. The van der Waals surface area contributed by atoms with Crippen LogP contribution in [0.15, 0.2) is 0 Å². The first kappa shape index (κ1) is 14.9. The summed E-state index contributed by atoms with van der Waals surface area (Å²) in [5.41, 5.74) is 0. The van der Waals surface area contributed by atoms with Gasteiger partial charge in [-0.25, -0.2) is 0 Å². The highest BCUT2D eigenvalue weighted by molar-refractivity contribution is 4.75. The first-order valence-electron chi connectivity index (χ1n) is 6.48. The van der Waals surface area contributed by atoms with E-state index >= 15 is 0 Å². The van der Waals surface area contributed by atoms with Gasteiger partial charge in [0, 0.05) is 24.7 Å². The van der Waals surface area contributed by atoms with Crippen molar-refractivity contribution in [3.63, 3.8) is 0 Å². The van der Waals surface area contributed by atoms with E-state index in [9.17, 15) is 0 Å². The van der Waals surface area contributed by atoms with E-state index in [1.54, 1.807) is 0 Å². The largest absolute Gasteiger partial charge is 0.313 e. The molecular formula is C13H30N2. The maximum atomic E-state index is 3.53. The van der Waals surface area contributed by atoms with Gasteiger partial charge in [-0.05, 0) is 26.8 Å². The van der Waals surface area contributed by atoms with Gasteiger partial charge >= 0.3 is 0 Å². The Hall–Kier alpha value is -0.0800. The highest BCUT2D eigenvalue weighted by Gasteiger charge is 2.17. The molecule has 2 nitrogen and oxygen atoms in total. The highest BCUT2D eigenvalue weighted by atomic mass is 15.2. The Bertz CT molecular complexity index is 145. The SMILES string of the molecule is CCCC(C)N(C)C(CC)CNC(C)C. The molecule has 0 aliphatic carbocycles. The van der Waals surface area contributed by atoms with Crippen LogP contribution >= 0.6 is 0 Å². The lowest BCUT2D eigenvalue weighted by Crippen LogP contribution is -2.45. The van der Waals surface area contributed by atoms with Crippen molar-refractivity contribution in [1.82, 2.24) is 10.2 Å². The van der Waals surface area contributed by atoms with Gasteiger partial charge < -0.3 is 5.32 Å². The Balaban J connectivity index is 4.02. The summed E-state index contributed by atoms with van der Waals surface area (Å²) >= 11 is 0. The molecule has 0 fully saturated rings. The van der Waals surface area contributed by atoms with E-state index in [1.807, 2.05) is 0 Å². The Morgan fingerprint density at radius 2 is 1.73 bits per heavy atom. The minimum absolute atomic E-state index is 0.592.